The van der Waals surface area contributed by atoms with Gasteiger partial charge in [-0.2, -0.15) is 0 Å². The van der Waals surface area contributed by atoms with E-state index < -0.39 is 0 Å². The zero-order valence-electron chi connectivity index (χ0n) is 10.7. The molecule has 1 atom stereocenters. The number of hydrogen-bond donors (Lipinski definition) is 1. The normalized spacial score (nSPS) is 21.8. The van der Waals surface area contributed by atoms with Crippen LogP contribution in [-0.2, 0) is 6.54 Å². The van der Waals surface area contributed by atoms with Crippen molar-refractivity contribution in [3.8, 4) is 0 Å². The second kappa shape index (κ2) is 6.71. The van der Waals surface area contributed by atoms with E-state index in [1.54, 1.807) is 6.20 Å². The molecule has 17 heavy (non-hydrogen) atoms. The summed E-state index contributed by atoms with van der Waals surface area (Å²) < 4.78 is 1.88. The zero-order valence-corrected chi connectivity index (χ0v) is 10.7. The SMILES string of the molecule is CN1CCCC(CNCCCn2ccnn2)C1. The van der Waals surface area contributed by atoms with Gasteiger partial charge in [-0.05, 0) is 51.9 Å². The summed E-state index contributed by atoms with van der Waals surface area (Å²) in [6.07, 6.45) is 7.48. The van der Waals surface area contributed by atoms with Crippen LogP contribution in [0.15, 0.2) is 12.4 Å². The Hall–Kier alpha value is -0.940. The van der Waals surface area contributed by atoms with Crippen LogP contribution < -0.4 is 5.32 Å². The lowest BCUT2D eigenvalue weighted by Gasteiger charge is -2.29. The molecule has 1 aliphatic rings. The van der Waals surface area contributed by atoms with Gasteiger partial charge in [-0.3, -0.25) is 4.68 Å². The van der Waals surface area contributed by atoms with Crippen molar-refractivity contribution in [3.05, 3.63) is 12.4 Å². The minimum atomic E-state index is 0.833. The van der Waals surface area contributed by atoms with Crippen LogP contribution >= 0.6 is 0 Å². The van der Waals surface area contributed by atoms with Crippen LogP contribution in [0.3, 0.4) is 0 Å². The fourth-order valence-corrected chi connectivity index (χ4v) is 2.46. The summed E-state index contributed by atoms with van der Waals surface area (Å²) in [6, 6.07) is 0. The predicted octanol–water partition coefficient (Wildman–Crippen LogP) is 0.600. The number of aromatic nitrogens is 3. The summed E-state index contributed by atoms with van der Waals surface area (Å²) >= 11 is 0. The first-order chi connectivity index (χ1) is 8.34. The van der Waals surface area contributed by atoms with E-state index in [0.29, 0.717) is 0 Å². The standard InChI is InChI=1S/C12H23N5/c1-16-7-2-4-12(11-16)10-13-5-3-8-17-9-6-14-15-17/h6,9,12-13H,2-5,7-8,10-11H2,1H3. The highest BCUT2D eigenvalue weighted by Crippen LogP contribution is 2.13. The van der Waals surface area contributed by atoms with E-state index in [0.717, 1.165) is 32.0 Å². The number of rotatable bonds is 6. The molecule has 2 rings (SSSR count). The van der Waals surface area contributed by atoms with E-state index in [2.05, 4.69) is 27.6 Å². The van der Waals surface area contributed by atoms with Crippen LogP contribution in [0.5, 0.6) is 0 Å². The molecule has 1 aliphatic heterocycles. The summed E-state index contributed by atoms with van der Waals surface area (Å²) in [5, 5.41) is 11.3. The first-order valence-corrected chi connectivity index (χ1v) is 6.58. The molecule has 1 saturated heterocycles. The molecule has 2 heterocycles. The number of piperidine rings is 1. The molecule has 0 aliphatic carbocycles. The average Bonchev–Trinajstić information content (AvgIpc) is 2.82. The molecule has 0 radical (unpaired) electrons. The van der Waals surface area contributed by atoms with Gasteiger partial charge in [0.25, 0.3) is 0 Å². The van der Waals surface area contributed by atoms with Crippen molar-refractivity contribution in [3.63, 3.8) is 0 Å². The highest BCUT2D eigenvalue weighted by atomic mass is 15.4. The molecule has 96 valence electrons. The Morgan fingerprint density at radius 1 is 1.47 bits per heavy atom. The van der Waals surface area contributed by atoms with Crippen molar-refractivity contribution in [1.29, 1.82) is 0 Å². The lowest BCUT2D eigenvalue weighted by Crippen LogP contribution is -2.37. The molecule has 1 aromatic rings. The fraction of sp³-hybridized carbons (Fsp3) is 0.833. The highest BCUT2D eigenvalue weighted by molar-refractivity contribution is 4.72. The Kier molecular flexibility index (Phi) is 4.94. The lowest BCUT2D eigenvalue weighted by atomic mass is 9.98. The van der Waals surface area contributed by atoms with Gasteiger partial charge >= 0.3 is 0 Å². The zero-order chi connectivity index (χ0) is 11.9. The minimum absolute atomic E-state index is 0.833. The largest absolute Gasteiger partial charge is 0.316 e. The number of hydrogen-bond acceptors (Lipinski definition) is 4. The third-order valence-corrected chi connectivity index (χ3v) is 3.37. The molecule has 5 heteroatoms. The average molecular weight is 237 g/mol. The molecule has 1 unspecified atom stereocenters. The van der Waals surface area contributed by atoms with Crippen molar-refractivity contribution in [2.75, 3.05) is 33.2 Å². The first-order valence-electron chi connectivity index (χ1n) is 6.58. The quantitative estimate of drug-likeness (QED) is 0.736. The van der Waals surface area contributed by atoms with Crippen molar-refractivity contribution in [2.24, 2.45) is 5.92 Å². The smallest absolute Gasteiger partial charge is 0.0692 e. The van der Waals surface area contributed by atoms with Crippen molar-refractivity contribution >= 4 is 0 Å². The minimum Gasteiger partial charge on any atom is -0.316 e. The van der Waals surface area contributed by atoms with E-state index >= 15 is 0 Å². The van der Waals surface area contributed by atoms with Gasteiger partial charge < -0.3 is 10.2 Å². The summed E-state index contributed by atoms with van der Waals surface area (Å²) in [5.74, 6) is 0.833. The molecular weight excluding hydrogens is 214 g/mol. The van der Waals surface area contributed by atoms with Crippen LogP contribution in [0.4, 0.5) is 0 Å². The van der Waals surface area contributed by atoms with Crippen LogP contribution in [0, 0.1) is 5.92 Å². The molecular formula is C12H23N5. The molecule has 0 saturated carbocycles. The summed E-state index contributed by atoms with van der Waals surface area (Å²) in [5.41, 5.74) is 0. The van der Waals surface area contributed by atoms with E-state index in [-0.39, 0.29) is 0 Å². The summed E-state index contributed by atoms with van der Waals surface area (Å²) in [6.45, 7) is 5.69. The number of nitrogens with one attached hydrogen (secondary N) is 1. The number of likely N-dealkylation sites (tertiary alicyclic amines) is 1. The Morgan fingerprint density at radius 2 is 2.41 bits per heavy atom. The number of aryl methyl sites for hydroxylation is 1. The molecule has 1 N–H and O–H groups in total. The molecule has 0 bridgehead atoms. The Labute approximate surface area is 103 Å². The number of nitrogens with zero attached hydrogens (tertiary/aromatic N) is 4. The van der Waals surface area contributed by atoms with Gasteiger partial charge in [-0.15, -0.1) is 5.10 Å². The van der Waals surface area contributed by atoms with Crippen molar-refractivity contribution < 1.29 is 0 Å². The van der Waals surface area contributed by atoms with E-state index in [1.807, 2.05) is 10.9 Å². The summed E-state index contributed by atoms with van der Waals surface area (Å²) in [7, 11) is 2.22. The van der Waals surface area contributed by atoms with E-state index in [1.165, 1.54) is 25.9 Å². The van der Waals surface area contributed by atoms with Crippen molar-refractivity contribution in [1.82, 2.24) is 25.2 Å². The molecule has 1 fully saturated rings. The summed E-state index contributed by atoms with van der Waals surface area (Å²) in [4.78, 5) is 2.44. The van der Waals surface area contributed by atoms with Gasteiger partial charge in [0.1, 0.15) is 0 Å². The highest BCUT2D eigenvalue weighted by Gasteiger charge is 2.16. The topological polar surface area (TPSA) is 46.0 Å². The predicted molar refractivity (Wildman–Crippen MR) is 67.7 cm³/mol. The molecule has 0 spiro atoms. The molecule has 1 aromatic heterocycles. The fourth-order valence-electron chi connectivity index (χ4n) is 2.46. The molecule has 5 nitrogen and oxygen atoms in total. The van der Waals surface area contributed by atoms with Gasteiger partial charge in [0.05, 0.1) is 6.20 Å². The maximum absolute atomic E-state index is 3.95. The van der Waals surface area contributed by atoms with Gasteiger partial charge in [0, 0.05) is 19.3 Å². The van der Waals surface area contributed by atoms with E-state index in [9.17, 15) is 0 Å². The van der Waals surface area contributed by atoms with Gasteiger partial charge in [0.2, 0.25) is 0 Å². The second-order valence-corrected chi connectivity index (χ2v) is 4.99. The maximum atomic E-state index is 3.95. The third kappa shape index (κ3) is 4.44. The van der Waals surface area contributed by atoms with Crippen LogP contribution in [-0.4, -0.2) is 53.1 Å². The Bertz CT molecular complexity index is 298. The van der Waals surface area contributed by atoms with Crippen LogP contribution in [0.2, 0.25) is 0 Å². The van der Waals surface area contributed by atoms with E-state index in [4.69, 9.17) is 0 Å². The first kappa shape index (κ1) is 12.5. The van der Waals surface area contributed by atoms with Gasteiger partial charge in [-0.1, -0.05) is 5.21 Å². The van der Waals surface area contributed by atoms with Gasteiger partial charge in [0.15, 0.2) is 0 Å². The van der Waals surface area contributed by atoms with Crippen molar-refractivity contribution in [2.45, 2.75) is 25.8 Å². The van der Waals surface area contributed by atoms with Crippen LogP contribution in [0.25, 0.3) is 0 Å². The molecule has 0 aromatic carbocycles. The monoisotopic (exact) mass is 237 g/mol. The lowest BCUT2D eigenvalue weighted by molar-refractivity contribution is 0.206. The third-order valence-electron chi connectivity index (χ3n) is 3.37. The Balaban J connectivity index is 1.51. The second-order valence-electron chi connectivity index (χ2n) is 4.99. The Morgan fingerprint density at radius 3 is 3.18 bits per heavy atom. The van der Waals surface area contributed by atoms with Gasteiger partial charge in [-0.25, -0.2) is 0 Å². The van der Waals surface area contributed by atoms with Crippen LogP contribution in [0.1, 0.15) is 19.3 Å². The molecule has 0 amide bonds. The maximum Gasteiger partial charge on any atom is 0.0692 e.